The normalized spacial score (nSPS) is 10.8. The summed E-state index contributed by atoms with van der Waals surface area (Å²) in [6.07, 6.45) is 2.15. The highest BCUT2D eigenvalue weighted by Crippen LogP contribution is 2.28. The van der Waals surface area contributed by atoms with Crippen LogP contribution >= 0.6 is 0 Å². The molecular weight excluding hydrogens is 247 g/mol. The Balaban J connectivity index is 2.50. The predicted molar refractivity (Wildman–Crippen MR) is 69.9 cm³/mol. The van der Waals surface area contributed by atoms with Gasteiger partial charge >= 0.3 is 0 Å². The van der Waals surface area contributed by atoms with E-state index in [9.17, 15) is 9.18 Å². The van der Waals surface area contributed by atoms with E-state index >= 15 is 0 Å². The van der Waals surface area contributed by atoms with Crippen molar-refractivity contribution < 1.29 is 13.9 Å². The molecule has 19 heavy (non-hydrogen) atoms. The number of benzene rings is 1. The van der Waals surface area contributed by atoms with Crippen LogP contribution in [0, 0.1) is 5.95 Å². The average Bonchev–Trinajstić information content (AvgIpc) is 2.80. The van der Waals surface area contributed by atoms with E-state index in [1.54, 1.807) is 18.2 Å². The molecule has 0 unspecified atom stereocenters. The lowest BCUT2D eigenvalue weighted by Gasteiger charge is -2.07. The predicted octanol–water partition coefficient (Wildman–Crippen LogP) is 3.09. The minimum absolute atomic E-state index is 0.0578. The van der Waals surface area contributed by atoms with E-state index in [1.807, 2.05) is 13.8 Å². The summed E-state index contributed by atoms with van der Waals surface area (Å²) >= 11 is 0. The van der Waals surface area contributed by atoms with E-state index in [0.717, 1.165) is 0 Å². The quantitative estimate of drug-likeness (QED) is 0.795. The number of nitrogens with zero attached hydrogens (tertiary/aromatic N) is 2. The number of halogens is 1. The molecule has 4 nitrogen and oxygen atoms in total. The molecule has 0 aliphatic rings. The zero-order chi connectivity index (χ0) is 14.0. The number of rotatable bonds is 4. The smallest absolute Gasteiger partial charge is 0.219 e. The van der Waals surface area contributed by atoms with Crippen molar-refractivity contribution in [1.29, 1.82) is 0 Å². The Morgan fingerprint density at radius 3 is 2.68 bits per heavy atom. The minimum atomic E-state index is -0.406. The maximum atomic E-state index is 14.2. The third kappa shape index (κ3) is 2.36. The first-order chi connectivity index (χ1) is 9.08. The fourth-order valence-corrected chi connectivity index (χ4v) is 1.89. The number of aldehydes is 1. The van der Waals surface area contributed by atoms with Crippen LogP contribution in [0.1, 0.15) is 30.2 Å². The lowest BCUT2D eigenvalue weighted by atomic mass is 10.1. The molecule has 1 aromatic heterocycles. The Bertz CT molecular complexity index is 605. The Morgan fingerprint density at radius 1 is 1.42 bits per heavy atom. The molecule has 0 fully saturated rings. The fourth-order valence-electron chi connectivity index (χ4n) is 1.89. The van der Waals surface area contributed by atoms with Crippen LogP contribution in [0.25, 0.3) is 11.1 Å². The number of ether oxygens (including phenoxy) is 1. The van der Waals surface area contributed by atoms with Gasteiger partial charge in [-0.2, -0.15) is 9.49 Å². The first-order valence-electron chi connectivity index (χ1n) is 5.95. The van der Waals surface area contributed by atoms with Gasteiger partial charge in [0.15, 0.2) is 6.29 Å². The standard InChI is InChI=1S/C14H15FN2O2/c1-9(2)17-14(15)12(7-16-17)10-4-5-13(19-3)11(6-10)8-18/h4-9H,1-3H3. The van der Waals surface area contributed by atoms with Crippen molar-refractivity contribution >= 4 is 6.29 Å². The molecule has 0 aliphatic carbocycles. The average molecular weight is 262 g/mol. The van der Waals surface area contributed by atoms with Gasteiger partial charge in [0, 0.05) is 6.04 Å². The van der Waals surface area contributed by atoms with Gasteiger partial charge in [0.2, 0.25) is 5.95 Å². The van der Waals surface area contributed by atoms with Crippen LogP contribution < -0.4 is 4.74 Å². The fraction of sp³-hybridized carbons (Fsp3) is 0.286. The molecule has 100 valence electrons. The lowest BCUT2D eigenvalue weighted by Crippen LogP contribution is -2.05. The number of aromatic nitrogens is 2. The van der Waals surface area contributed by atoms with Crippen LogP contribution in [-0.4, -0.2) is 23.2 Å². The van der Waals surface area contributed by atoms with Crippen LogP contribution in [0.15, 0.2) is 24.4 Å². The van der Waals surface area contributed by atoms with Gasteiger partial charge in [0.05, 0.1) is 24.4 Å². The molecule has 1 aromatic carbocycles. The van der Waals surface area contributed by atoms with Crippen molar-refractivity contribution in [2.75, 3.05) is 7.11 Å². The number of hydrogen-bond acceptors (Lipinski definition) is 3. The molecule has 0 saturated carbocycles. The Labute approximate surface area is 110 Å². The Kier molecular flexibility index (Phi) is 3.64. The molecule has 0 spiro atoms. The molecule has 1 heterocycles. The maximum absolute atomic E-state index is 14.2. The second kappa shape index (κ2) is 5.22. The van der Waals surface area contributed by atoms with Crippen molar-refractivity contribution in [2.45, 2.75) is 19.9 Å². The van der Waals surface area contributed by atoms with Crippen molar-refractivity contribution in [2.24, 2.45) is 0 Å². The summed E-state index contributed by atoms with van der Waals surface area (Å²) in [4.78, 5) is 11.0. The first kappa shape index (κ1) is 13.3. The summed E-state index contributed by atoms with van der Waals surface area (Å²) in [6.45, 7) is 3.70. The first-order valence-corrected chi connectivity index (χ1v) is 5.95. The van der Waals surface area contributed by atoms with Gasteiger partial charge in [0.1, 0.15) is 5.75 Å². The van der Waals surface area contributed by atoms with Crippen LogP contribution in [0.2, 0.25) is 0 Å². The van der Waals surface area contributed by atoms with Gasteiger partial charge in [-0.15, -0.1) is 0 Å². The van der Waals surface area contributed by atoms with Crippen molar-refractivity contribution in [3.05, 3.63) is 35.9 Å². The number of carbonyl (C=O) groups is 1. The molecule has 2 rings (SSSR count). The van der Waals surface area contributed by atoms with Crippen LogP contribution in [0.5, 0.6) is 5.75 Å². The van der Waals surface area contributed by atoms with E-state index in [-0.39, 0.29) is 6.04 Å². The van der Waals surface area contributed by atoms with Gasteiger partial charge in [-0.05, 0) is 31.5 Å². The summed E-state index contributed by atoms with van der Waals surface area (Å²) in [6, 6.07) is 4.89. The van der Waals surface area contributed by atoms with Gasteiger partial charge in [-0.3, -0.25) is 4.79 Å². The molecule has 0 saturated heterocycles. The molecular formula is C14H15FN2O2. The molecule has 0 radical (unpaired) electrons. The third-order valence-corrected chi connectivity index (χ3v) is 2.89. The summed E-state index contributed by atoms with van der Waals surface area (Å²) in [7, 11) is 1.49. The zero-order valence-electron chi connectivity index (χ0n) is 11.1. The van der Waals surface area contributed by atoms with Gasteiger partial charge in [-0.25, -0.2) is 4.68 Å². The molecule has 0 amide bonds. The monoisotopic (exact) mass is 262 g/mol. The maximum Gasteiger partial charge on any atom is 0.219 e. The molecule has 0 bridgehead atoms. The third-order valence-electron chi connectivity index (χ3n) is 2.89. The highest BCUT2D eigenvalue weighted by molar-refractivity contribution is 5.82. The Hall–Kier alpha value is -2.17. The lowest BCUT2D eigenvalue weighted by molar-refractivity contribution is 0.112. The van der Waals surface area contributed by atoms with Crippen molar-refractivity contribution in [1.82, 2.24) is 9.78 Å². The minimum Gasteiger partial charge on any atom is -0.496 e. The highest BCUT2D eigenvalue weighted by atomic mass is 19.1. The molecule has 0 aliphatic heterocycles. The summed E-state index contributed by atoms with van der Waals surface area (Å²) < 4.78 is 20.5. The summed E-state index contributed by atoms with van der Waals surface area (Å²) in [5.41, 5.74) is 1.36. The molecule has 5 heteroatoms. The molecule has 0 N–H and O–H groups in total. The van der Waals surface area contributed by atoms with Crippen LogP contribution in [0.3, 0.4) is 0 Å². The van der Waals surface area contributed by atoms with Gasteiger partial charge in [0.25, 0.3) is 0 Å². The Morgan fingerprint density at radius 2 is 2.16 bits per heavy atom. The second-order valence-corrected chi connectivity index (χ2v) is 4.46. The van der Waals surface area contributed by atoms with Crippen LogP contribution in [-0.2, 0) is 0 Å². The number of carbonyl (C=O) groups excluding carboxylic acids is 1. The molecule has 0 atom stereocenters. The van der Waals surface area contributed by atoms with Crippen LogP contribution in [0.4, 0.5) is 4.39 Å². The van der Waals surface area contributed by atoms with Crippen molar-refractivity contribution in [3.63, 3.8) is 0 Å². The number of methoxy groups -OCH3 is 1. The SMILES string of the molecule is COc1ccc(-c2cnn(C(C)C)c2F)cc1C=O. The summed E-state index contributed by atoms with van der Waals surface area (Å²) in [5.74, 6) is 0.0624. The van der Waals surface area contributed by atoms with E-state index in [1.165, 1.54) is 18.0 Å². The van der Waals surface area contributed by atoms with Crippen molar-refractivity contribution in [3.8, 4) is 16.9 Å². The topological polar surface area (TPSA) is 44.1 Å². The van der Waals surface area contributed by atoms with Gasteiger partial charge in [-0.1, -0.05) is 6.07 Å². The zero-order valence-corrected chi connectivity index (χ0v) is 11.1. The van der Waals surface area contributed by atoms with E-state index < -0.39 is 5.95 Å². The summed E-state index contributed by atoms with van der Waals surface area (Å²) in [5, 5.41) is 4.01. The highest BCUT2D eigenvalue weighted by Gasteiger charge is 2.15. The van der Waals surface area contributed by atoms with Gasteiger partial charge < -0.3 is 4.74 Å². The second-order valence-electron chi connectivity index (χ2n) is 4.46. The molecule has 2 aromatic rings. The van der Waals surface area contributed by atoms with E-state index in [0.29, 0.717) is 28.7 Å². The van der Waals surface area contributed by atoms with E-state index in [2.05, 4.69) is 5.10 Å². The van der Waals surface area contributed by atoms with E-state index in [4.69, 9.17) is 4.74 Å². The largest absolute Gasteiger partial charge is 0.496 e. The number of hydrogen-bond donors (Lipinski definition) is 0.